The Kier molecular flexibility index (Phi) is 13.3. The number of nitrogens with one attached hydrogen (secondary N) is 2. The fourth-order valence-electron chi connectivity index (χ4n) is 5.16. The number of aryl methyl sites for hydroxylation is 1. The summed E-state index contributed by atoms with van der Waals surface area (Å²) in [6.45, 7) is 15.9. The van der Waals surface area contributed by atoms with E-state index in [0.717, 1.165) is 50.1 Å². The second kappa shape index (κ2) is 17.1. The summed E-state index contributed by atoms with van der Waals surface area (Å²) in [7, 11) is 1.64. The van der Waals surface area contributed by atoms with Gasteiger partial charge in [-0.3, -0.25) is 4.79 Å². The van der Waals surface area contributed by atoms with Gasteiger partial charge in [-0.05, 0) is 81.1 Å². The number of rotatable bonds is 5. The van der Waals surface area contributed by atoms with Gasteiger partial charge in [-0.25, -0.2) is 0 Å². The second-order valence-electron chi connectivity index (χ2n) is 10.4. The largest absolute Gasteiger partial charge is 0.497 e. The highest BCUT2D eigenvalue weighted by Crippen LogP contribution is 2.46. The van der Waals surface area contributed by atoms with E-state index in [2.05, 4.69) is 66.3 Å². The van der Waals surface area contributed by atoms with Crippen LogP contribution in [0, 0.1) is 6.92 Å². The first-order chi connectivity index (χ1) is 21.9. The number of halogens is 1. The number of aromatic amines is 1. The van der Waals surface area contributed by atoms with E-state index in [1.54, 1.807) is 13.2 Å². The van der Waals surface area contributed by atoms with Crippen LogP contribution in [0.2, 0.25) is 0 Å². The molecule has 1 unspecified atom stereocenters. The van der Waals surface area contributed by atoms with Crippen LogP contribution in [0.15, 0.2) is 104 Å². The van der Waals surface area contributed by atoms with Crippen LogP contribution in [-0.4, -0.2) is 30.4 Å². The normalized spacial score (nSPS) is 13.2. The zero-order chi connectivity index (χ0) is 32.9. The quantitative estimate of drug-likeness (QED) is 0.151. The number of allylic oxidation sites excluding steroid dienone is 3. The predicted octanol–water partition coefficient (Wildman–Crippen LogP) is 11.2. The van der Waals surface area contributed by atoms with E-state index in [1.165, 1.54) is 5.56 Å². The van der Waals surface area contributed by atoms with E-state index >= 15 is 0 Å². The van der Waals surface area contributed by atoms with E-state index in [-0.39, 0.29) is 11.8 Å². The van der Waals surface area contributed by atoms with Crippen LogP contribution in [0.25, 0.3) is 21.7 Å². The molecule has 1 aromatic heterocycles. The molecular weight excluding hydrogens is 578 g/mol. The van der Waals surface area contributed by atoms with Gasteiger partial charge in [0.25, 0.3) is 5.91 Å². The highest BCUT2D eigenvalue weighted by Gasteiger charge is 2.35. The minimum atomic E-state index is -0.0735. The summed E-state index contributed by atoms with van der Waals surface area (Å²) in [6, 6.07) is 26.4. The summed E-state index contributed by atoms with van der Waals surface area (Å²) in [5.74, 6) is 1.17. The number of benzene rings is 4. The van der Waals surface area contributed by atoms with Crippen molar-refractivity contribution in [3.05, 3.63) is 120 Å². The van der Waals surface area contributed by atoms with E-state index in [0.29, 0.717) is 18.1 Å². The Bertz CT molecular complexity index is 1730. The van der Waals surface area contributed by atoms with E-state index in [4.69, 9.17) is 16.3 Å². The van der Waals surface area contributed by atoms with Crippen molar-refractivity contribution >= 4 is 56.2 Å². The number of ether oxygens (including phenoxy) is 1. The molecule has 0 bridgehead atoms. The van der Waals surface area contributed by atoms with Gasteiger partial charge in [-0.15, -0.1) is 18.2 Å². The molecule has 0 fully saturated rings. The first-order valence-electron chi connectivity index (χ1n) is 15.5. The molecule has 5 nitrogen and oxygen atoms in total. The molecular formula is C39H46ClN3O2. The summed E-state index contributed by atoms with van der Waals surface area (Å²) in [4.78, 5) is 19.0. The van der Waals surface area contributed by atoms with Crippen molar-refractivity contribution in [1.82, 2.24) is 4.98 Å². The van der Waals surface area contributed by atoms with Crippen molar-refractivity contribution in [1.29, 1.82) is 0 Å². The molecule has 6 rings (SSSR count). The maximum absolute atomic E-state index is 13.8. The van der Waals surface area contributed by atoms with Crippen molar-refractivity contribution in [2.24, 2.45) is 0 Å². The number of carbonyl (C=O) groups excluding carboxylic acids is 1. The third kappa shape index (κ3) is 8.17. The molecule has 0 aliphatic carbocycles. The Morgan fingerprint density at radius 3 is 2.24 bits per heavy atom. The fraction of sp³-hybridized carbons (Fsp3) is 0.256. The number of anilines is 3. The number of fused-ring (bicyclic) bond motifs is 4. The molecule has 1 amide bonds. The van der Waals surface area contributed by atoms with Crippen LogP contribution in [0.3, 0.4) is 0 Å². The molecule has 5 aromatic rings. The Labute approximate surface area is 273 Å². The minimum absolute atomic E-state index is 0.0495. The molecule has 0 radical (unpaired) electrons. The molecule has 2 N–H and O–H groups in total. The van der Waals surface area contributed by atoms with Gasteiger partial charge in [-0.1, -0.05) is 74.0 Å². The Morgan fingerprint density at radius 1 is 1.00 bits per heavy atom. The lowest BCUT2D eigenvalue weighted by atomic mass is 9.95. The molecule has 0 saturated carbocycles. The highest BCUT2D eigenvalue weighted by molar-refractivity contribution is 6.19. The van der Waals surface area contributed by atoms with Crippen LogP contribution in [-0.2, 0) is 0 Å². The van der Waals surface area contributed by atoms with E-state index < -0.39 is 0 Å². The van der Waals surface area contributed by atoms with Crippen LogP contribution in [0.1, 0.15) is 62.2 Å². The number of carbonyl (C=O) groups is 1. The number of hydrogen-bond donors (Lipinski definition) is 2. The fourth-order valence-corrected chi connectivity index (χ4v) is 5.41. The van der Waals surface area contributed by atoms with Crippen molar-refractivity contribution < 1.29 is 9.53 Å². The van der Waals surface area contributed by atoms with Crippen LogP contribution < -0.4 is 15.0 Å². The van der Waals surface area contributed by atoms with Crippen LogP contribution in [0.4, 0.5) is 17.1 Å². The predicted molar refractivity (Wildman–Crippen MR) is 196 cm³/mol. The van der Waals surface area contributed by atoms with Gasteiger partial charge in [0.2, 0.25) is 0 Å². The molecule has 0 spiro atoms. The molecule has 6 heteroatoms. The van der Waals surface area contributed by atoms with Crippen molar-refractivity contribution in [2.45, 2.75) is 47.5 Å². The average molecular weight is 624 g/mol. The maximum Gasteiger partial charge on any atom is 0.274 e. The maximum atomic E-state index is 13.8. The van der Waals surface area contributed by atoms with Gasteiger partial charge in [0.05, 0.1) is 12.8 Å². The summed E-state index contributed by atoms with van der Waals surface area (Å²) in [6.07, 6.45) is 5.75. The number of H-pyrrole nitrogens is 1. The first kappa shape index (κ1) is 35.0. The van der Waals surface area contributed by atoms with Crippen LogP contribution in [0.5, 0.6) is 5.75 Å². The number of nitrogens with zero attached hydrogens (tertiary/aromatic N) is 1. The molecule has 1 aliphatic heterocycles. The molecule has 0 saturated heterocycles. The standard InChI is InChI=1S/C30H26ClN3O2.C4H8.C3H6.C2H6/c1-18-7-9-21(10-8-18)32-26-15-28-29(24-6-4-3-5-23(24)26)20(16-31)17-34(28)30(35)27-14-19-13-22(36-2)11-12-25(19)33-27;1-3-4-2;1-3-2;1-2/h3-15,20,32-33H,16-17H2,1-2H3;3-4H,1-2H3;3H,1H2,2H3;1-2H3/b;4-3-;;. The van der Waals surface area contributed by atoms with E-state index in [1.807, 2.05) is 88.1 Å². The second-order valence-corrected chi connectivity index (χ2v) is 10.7. The third-order valence-corrected chi connectivity index (χ3v) is 7.69. The first-order valence-corrected chi connectivity index (χ1v) is 16.0. The topological polar surface area (TPSA) is 57.4 Å². The molecule has 45 heavy (non-hydrogen) atoms. The summed E-state index contributed by atoms with van der Waals surface area (Å²) in [5, 5.41) is 6.74. The van der Waals surface area contributed by atoms with Gasteiger partial charge in [0, 0.05) is 46.0 Å². The molecule has 4 aromatic carbocycles. The number of hydrogen-bond acceptors (Lipinski definition) is 3. The zero-order valence-electron chi connectivity index (χ0n) is 27.6. The lowest BCUT2D eigenvalue weighted by Gasteiger charge is -2.19. The Morgan fingerprint density at radius 2 is 1.64 bits per heavy atom. The van der Waals surface area contributed by atoms with Gasteiger partial charge in [0.1, 0.15) is 11.4 Å². The Hall–Kier alpha value is -4.48. The monoisotopic (exact) mass is 623 g/mol. The van der Waals surface area contributed by atoms with Gasteiger partial charge < -0.3 is 19.9 Å². The highest BCUT2D eigenvalue weighted by atomic mass is 35.5. The van der Waals surface area contributed by atoms with Crippen molar-refractivity contribution in [3.8, 4) is 5.75 Å². The lowest BCUT2D eigenvalue weighted by molar-refractivity contribution is 0.0984. The third-order valence-electron chi connectivity index (χ3n) is 7.32. The van der Waals surface area contributed by atoms with Gasteiger partial charge in [0.15, 0.2) is 0 Å². The number of alkyl halides is 1. The molecule has 2 heterocycles. The number of aromatic nitrogens is 1. The van der Waals surface area contributed by atoms with E-state index in [9.17, 15) is 4.79 Å². The molecule has 1 atom stereocenters. The van der Waals surface area contributed by atoms with Crippen molar-refractivity contribution in [2.75, 3.05) is 29.8 Å². The van der Waals surface area contributed by atoms with Crippen LogP contribution >= 0.6 is 11.6 Å². The SMILES string of the molecule is C/C=C\C.C=CC.CC.COc1ccc2[nH]c(C(=O)N3CC(CCl)c4c3cc(Nc3ccc(C)cc3)c3ccccc43)cc2c1. The Balaban J connectivity index is 0.000000552. The molecule has 1 aliphatic rings. The lowest BCUT2D eigenvalue weighted by Crippen LogP contribution is -2.30. The minimum Gasteiger partial charge on any atom is -0.497 e. The zero-order valence-corrected chi connectivity index (χ0v) is 28.3. The summed E-state index contributed by atoms with van der Waals surface area (Å²) < 4.78 is 5.35. The summed E-state index contributed by atoms with van der Waals surface area (Å²) in [5.41, 5.74) is 6.63. The smallest absolute Gasteiger partial charge is 0.274 e. The van der Waals surface area contributed by atoms with Gasteiger partial charge >= 0.3 is 0 Å². The molecule has 236 valence electrons. The summed E-state index contributed by atoms with van der Waals surface area (Å²) >= 11 is 6.46. The average Bonchev–Trinajstić information content (AvgIpc) is 3.68. The van der Waals surface area contributed by atoms with Crippen molar-refractivity contribution in [3.63, 3.8) is 0 Å². The number of amides is 1. The number of methoxy groups -OCH3 is 1. The van der Waals surface area contributed by atoms with Gasteiger partial charge in [-0.2, -0.15) is 0 Å².